The van der Waals surface area contributed by atoms with Gasteiger partial charge in [-0.3, -0.25) is 9.59 Å². The van der Waals surface area contributed by atoms with Crippen molar-refractivity contribution in [2.45, 2.75) is 47.1 Å². The second-order valence-corrected chi connectivity index (χ2v) is 6.89. The third-order valence-corrected chi connectivity index (χ3v) is 5.28. The van der Waals surface area contributed by atoms with Gasteiger partial charge in [-0.2, -0.15) is 0 Å². The van der Waals surface area contributed by atoms with Gasteiger partial charge in [0, 0.05) is 11.3 Å². The van der Waals surface area contributed by atoms with Crippen molar-refractivity contribution in [3.05, 3.63) is 38.1 Å². The molecule has 0 spiro atoms. The van der Waals surface area contributed by atoms with Crippen LogP contribution in [0.4, 0.5) is 0 Å². The minimum atomic E-state index is -1.03. The predicted octanol–water partition coefficient (Wildman–Crippen LogP) is 3.04. The van der Waals surface area contributed by atoms with Crippen molar-refractivity contribution in [2.75, 3.05) is 0 Å². The van der Waals surface area contributed by atoms with Gasteiger partial charge in [-0.1, -0.05) is 6.92 Å². The second-order valence-electron chi connectivity index (χ2n) is 5.86. The quantitative estimate of drug-likeness (QED) is 0.683. The van der Waals surface area contributed by atoms with Crippen LogP contribution in [-0.4, -0.2) is 32.7 Å². The lowest BCUT2D eigenvalue weighted by molar-refractivity contribution is 0.0700. The number of aromatic amines is 1. The highest BCUT2D eigenvalue weighted by Crippen LogP contribution is 2.25. The van der Waals surface area contributed by atoms with Gasteiger partial charge >= 0.3 is 5.97 Å². The molecule has 1 amide bonds. The Morgan fingerprint density at radius 3 is 2.44 bits per heavy atom. The van der Waals surface area contributed by atoms with Crippen LogP contribution >= 0.6 is 11.3 Å². The van der Waals surface area contributed by atoms with Crippen molar-refractivity contribution in [1.82, 2.24) is 15.3 Å². The number of ketones is 1. The fourth-order valence-electron chi connectivity index (χ4n) is 2.83. The topological polar surface area (TPSA) is 112 Å². The number of hydrogen-bond donors (Lipinski definition) is 3. The molecule has 2 aromatic heterocycles. The van der Waals surface area contributed by atoms with E-state index in [0.29, 0.717) is 39.6 Å². The molecular formula is C17H21N3O4S. The maximum absolute atomic E-state index is 12.6. The highest BCUT2D eigenvalue weighted by Gasteiger charge is 2.24. The minimum absolute atomic E-state index is 0.0839. The number of nitrogens with zero attached hydrogens (tertiary/aromatic N) is 1. The summed E-state index contributed by atoms with van der Waals surface area (Å²) >= 11 is 1.05. The van der Waals surface area contributed by atoms with Gasteiger partial charge in [0.1, 0.15) is 15.6 Å². The zero-order valence-corrected chi connectivity index (χ0v) is 15.6. The van der Waals surface area contributed by atoms with E-state index in [0.717, 1.165) is 11.3 Å². The Balaban J connectivity index is 2.28. The zero-order chi connectivity index (χ0) is 18.9. The average Bonchev–Trinajstić information content (AvgIpc) is 3.07. The van der Waals surface area contributed by atoms with Crippen LogP contribution in [0.1, 0.15) is 79.3 Å². The molecule has 2 rings (SSSR count). The van der Waals surface area contributed by atoms with E-state index >= 15 is 0 Å². The molecule has 1 unspecified atom stereocenters. The first-order valence-corrected chi connectivity index (χ1v) is 8.72. The molecule has 134 valence electrons. The first-order chi connectivity index (χ1) is 11.7. The first kappa shape index (κ1) is 18.9. The number of carbonyl (C=O) groups is 3. The molecule has 0 aliphatic heterocycles. The lowest BCUT2D eigenvalue weighted by atomic mass is 10.0. The number of carboxylic acid groups (broad SMARTS) is 1. The minimum Gasteiger partial charge on any atom is -0.477 e. The number of amides is 1. The van der Waals surface area contributed by atoms with E-state index in [9.17, 15) is 14.4 Å². The zero-order valence-electron chi connectivity index (χ0n) is 14.8. The Morgan fingerprint density at radius 2 is 1.96 bits per heavy atom. The van der Waals surface area contributed by atoms with Crippen molar-refractivity contribution in [1.29, 1.82) is 0 Å². The average molecular weight is 363 g/mol. The summed E-state index contributed by atoms with van der Waals surface area (Å²) in [5.41, 5.74) is 2.71. The molecule has 7 nitrogen and oxygen atoms in total. The monoisotopic (exact) mass is 363 g/mol. The molecular weight excluding hydrogens is 342 g/mol. The Morgan fingerprint density at radius 1 is 1.32 bits per heavy atom. The van der Waals surface area contributed by atoms with E-state index in [4.69, 9.17) is 5.11 Å². The molecule has 25 heavy (non-hydrogen) atoms. The summed E-state index contributed by atoms with van der Waals surface area (Å²) in [5.74, 6) is -1.46. The third-order valence-electron chi connectivity index (χ3n) is 3.95. The standard InChI is InChI=1S/C17H21N3O4S/c1-6-11-12(10(5)21)7(2)18-13(11)15(22)19-9(4)16-20-8(3)14(25-16)17(23)24/h9,18H,6H2,1-5H3,(H,19,22)(H,23,24). The van der Waals surface area contributed by atoms with Crippen LogP contribution in [0.25, 0.3) is 0 Å². The summed E-state index contributed by atoms with van der Waals surface area (Å²) in [5, 5.41) is 12.5. The van der Waals surface area contributed by atoms with Gasteiger partial charge in [0.2, 0.25) is 0 Å². The summed E-state index contributed by atoms with van der Waals surface area (Å²) in [7, 11) is 0. The smallest absolute Gasteiger partial charge is 0.347 e. The molecule has 0 aliphatic carbocycles. The number of rotatable bonds is 6. The Hall–Kier alpha value is -2.48. The third kappa shape index (κ3) is 3.63. The van der Waals surface area contributed by atoms with Crippen molar-refractivity contribution in [3.8, 4) is 0 Å². The normalized spacial score (nSPS) is 12.0. The van der Waals surface area contributed by atoms with E-state index in [1.807, 2.05) is 6.92 Å². The van der Waals surface area contributed by atoms with Gasteiger partial charge in [-0.05, 0) is 39.7 Å². The molecule has 8 heteroatoms. The highest BCUT2D eigenvalue weighted by molar-refractivity contribution is 7.13. The summed E-state index contributed by atoms with van der Waals surface area (Å²) in [6.07, 6.45) is 0.551. The maximum atomic E-state index is 12.6. The lowest BCUT2D eigenvalue weighted by Crippen LogP contribution is -2.27. The summed E-state index contributed by atoms with van der Waals surface area (Å²) in [6, 6.07) is -0.446. The molecule has 0 saturated heterocycles. The largest absolute Gasteiger partial charge is 0.477 e. The molecule has 2 aromatic rings. The molecule has 0 fully saturated rings. The number of nitrogens with one attached hydrogen (secondary N) is 2. The van der Waals surface area contributed by atoms with Gasteiger partial charge in [0.15, 0.2) is 5.78 Å². The lowest BCUT2D eigenvalue weighted by Gasteiger charge is -2.11. The number of aromatic carboxylic acids is 1. The number of carbonyl (C=O) groups excluding carboxylic acids is 2. The fourth-order valence-corrected chi connectivity index (χ4v) is 3.74. The van der Waals surface area contributed by atoms with Gasteiger partial charge in [0.25, 0.3) is 5.91 Å². The van der Waals surface area contributed by atoms with Crippen molar-refractivity contribution < 1.29 is 19.5 Å². The Bertz CT molecular complexity index is 850. The first-order valence-electron chi connectivity index (χ1n) is 7.91. The summed E-state index contributed by atoms with van der Waals surface area (Å²) in [6.45, 7) is 8.50. The second kappa shape index (κ2) is 7.18. The van der Waals surface area contributed by atoms with Crippen LogP contribution < -0.4 is 5.32 Å². The molecule has 0 radical (unpaired) electrons. The van der Waals surface area contributed by atoms with Crippen LogP contribution in [0.5, 0.6) is 0 Å². The van der Waals surface area contributed by atoms with Gasteiger partial charge in [-0.25, -0.2) is 9.78 Å². The predicted molar refractivity (Wildman–Crippen MR) is 94.6 cm³/mol. The van der Waals surface area contributed by atoms with E-state index < -0.39 is 12.0 Å². The van der Waals surface area contributed by atoms with Gasteiger partial charge in [-0.15, -0.1) is 11.3 Å². The Labute approximate surface area is 149 Å². The number of Topliss-reactive ketones (excluding diaryl/α,β-unsaturated/α-hetero) is 1. The van der Waals surface area contributed by atoms with Crippen molar-refractivity contribution in [2.24, 2.45) is 0 Å². The molecule has 2 heterocycles. The molecule has 0 saturated carbocycles. The fraction of sp³-hybridized carbons (Fsp3) is 0.412. The number of hydrogen-bond acceptors (Lipinski definition) is 5. The Kier molecular flexibility index (Phi) is 5.42. The van der Waals surface area contributed by atoms with E-state index in [2.05, 4.69) is 15.3 Å². The molecule has 3 N–H and O–H groups in total. The molecule has 1 atom stereocenters. The molecule has 0 aromatic carbocycles. The van der Waals surface area contributed by atoms with Crippen LogP contribution in [-0.2, 0) is 6.42 Å². The van der Waals surface area contributed by atoms with Crippen LogP contribution in [0.3, 0.4) is 0 Å². The number of carboxylic acids is 1. The van der Waals surface area contributed by atoms with E-state index in [1.165, 1.54) is 6.92 Å². The number of thiazole rings is 1. The number of aryl methyl sites for hydroxylation is 2. The summed E-state index contributed by atoms with van der Waals surface area (Å²) in [4.78, 5) is 43.0. The van der Waals surface area contributed by atoms with Crippen molar-refractivity contribution >= 4 is 29.0 Å². The van der Waals surface area contributed by atoms with Crippen LogP contribution in [0, 0.1) is 13.8 Å². The maximum Gasteiger partial charge on any atom is 0.347 e. The number of H-pyrrole nitrogens is 1. The van der Waals surface area contributed by atoms with E-state index in [1.54, 1.807) is 20.8 Å². The number of aromatic nitrogens is 2. The van der Waals surface area contributed by atoms with Crippen molar-refractivity contribution in [3.63, 3.8) is 0 Å². The molecule has 0 bridgehead atoms. The van der Waals surface area contributed by atoms with Gasteiger partial charge < -0.3 is 15.4 Å². The molecule has 0 aliphatic rings. The van der Waals surface area contributed by atoms with Gasteiger partial charge in [0.05, 0.1) is 11.7 Å². The SMILES string of the molecule is CCc1c(C(=O)NC(C)c2nc(C)c(C(=O)O)s2)[nH]c(C)c1C(C)=O. The van der Waals surface area contributed by atoms with Crippen LogP contribution in [0.2, 0.25) is 0 Å². The highest BCUT2D eigenvalue weighted by atomic mass is 32.1. The van der Waals surface area contributed by atoms with Crippen LogP contribution in [0.15, 0.2) is 0 Å². The van der Waals surface area contributed by atoms with E-state index in [-0.39, 0.29) is 16.6 Å². The summed E-state index contributed by atoms with van der Waals surface area (Å²) < 4.78 is 0.